The number of carbonyl (C=O) groups excluding carboxylic acids is 1. The molecule has 0 unspecified atom stereocenters. The molecule has 1 amide bonds. The summed E-state index contributed by atoms with van der Waals surface area (Å²) in [6.45, 7) is 0.409. The molecule has 0 radical (unpaired) electrons. The molecule has 7 heteroatoms. The van der Waals surface area contributed by atoms with Gasteiger partial charge >= 0.3 is 5.97 Å². The van der Waals surface area contributed by atoms with Gasteiger partial charge in [-0.3, -0.25) is 4.79 Å². The third-order valence-corrected chi connectivity index (χ3v) is 3.91. The van der Waals surface area contributed by atoms with E-state index in [-0.39, 0.29) is 11.1 Å². The Bertz CT molecular complexity index is 689. The summed E-state index contributed by atoms with van der Waals surface area (Å²) in [5.41, 5.74) is 1.11. The summed E-state index contributed by atoms with van der Waals surface area (Å²) in [7, 11) is 1.66. The smallest absolute Gasteiger partial charge is 0.328 e. The number of furan rings is 1. The van der Waals surface area contributed by atoms with Gasteiger partial charge in [-0.1, -0.05) is 0 Å². The van der Waals surface area contributed by atoms with E-state index in [9.17, 15) is 9.59 Å². The van der Waals surface area contributed by atoms with E-state index in [0.717, 1.165) is 16.5 Å². The highest BCUT2D eigenvalue weighted by atomic mass is 35.5. The first-order valence-electron chi connectivity index (χ1n) is 5.94. The van der Waals surface area contributed by atoms with Crippen molar-refractivity contribution in [3.63, 3.8) is 0 Å². The second kappa shape index (κ2) is 6.60. The number of rotatable bonds is 5. The van der Waals surface area contributed by atoms with Gasteiger partial charge in [0.1, 0.15) is 0 Å². The summed E-state index contributed by atoms with van der Waals surface area (Å²) in [5, 5.41) is 10.5. The standard InChI is InChI=1S/C14H12ClNO4S/c1-16(14(19)11-4-5-20-13(11)15)7-10-6-9(8-21-10)2-3-12(17)18/h2-6,8H,7H2,1H3,(H,17,18)/b3-2+. The lowest BCUT2D eigenvalue weighted by molar-refractivity contribution is -0.131. The van der Waals surface area contributed by atoms with Crippen molar-refractivity contribution in [2.75, 3.05) is 7.05 Å². The molecule has 1 N–H and O–H groups in total. The number of aliphatic carboxylic acids is 1. The summed E-state index contributed by atoms with van der Waals surface area (Å²) in [4.78, 5) is 25.1. The van der Waals surface area contributed by atoms with Gasteiger partial charge < -0.3 is 14.4 Å². The number of carboxylic acid groups (broad SMARTS) is 1. The predicted molar refractivity (Wildman–Crippen MR) is 80.5 cm³/mol. The molecule has 0 bridgehead atoms. The van der Waals surface area contributed by atoms with E-state index in [0.29, 0.717) is 12.1 Å². The fraction of sp³-hybridized carbons (Fsp3) is 0.143. The lowest BCUT2D eigenvalue weighted by Crippen LogP contribution is -2.25. The van der Waals surface area contributed by atoms with Gasteiger partial charge in [-0.15, -0.1) is 11.3 Å². The van der Waals surface area contributed by atoms with E-state index in [1.807, 2.05) is 11.4 Å². The highest BCUT2D eigenvalue weighted by Gasteiger charge is 2.17. The van der Waals surface area contributed by atoms with Gasteiger partial charge in [-0.2, -0.15) is 0 Å². The second-order valence-corrected chi connectivity index (χ2v) is 5.63. The maximum atomic E-state index is 12.1. The Labute approximate surface area is 130 Å². The van der Waals surface area contributed by atoms with Crippen molar-refractivity contribution >= 4 is 40.9 Å². The average molecular weight is 326 g/mol. The van der Waals surface area contributed by atoms with Gasteiger partial charge in [0.2, 0.25) is 5.22 Å². The zero-order valence-electron chi connectivity index (χ0n) is 11.1. The molecule has 2 aromatic rings. The lowest BCUT2D eigenvalue weighted by atomic mass is 10.2. The van der Waals surface area contributed by atoms with Crippen LogP contribution in [0.4, 0.5) is 0 Å². The average Bonchev–Trinajstić information content (AvgIpc) is 3.04. The molecule has 21 heavy (non-hydrogen) atoms. The molecule has 110 valence electrons. The maximum absolute atomic E-state index is 12.1. The molecule has 2 rings (SSSR count). The minimum absolute atomic E-state index is 0.0723. The number of carbonyl (C=O) groups is 2. The number of hydrogen-bond donors (Lipinski definition) is 1. The molecule has 0 aromatic carbocycles. The van der Waals surface area contributed by atoms with E-state index in [2.05, 4.69) is 0 Å². The number of nitrogens with zero attached hydrogens (tertiary/aromatic N) is 1. The number of amides is 1. The first-order chi connectivity index (χ1) is 9.97. The third-order valence-electron chi connectivity index (χ3n) is 2.68. The van der Waals surface area contributed by atoms with Crippen LogP contribution in [0.1, 0.15) is 20.8 Å². The van der Waals surface area contributed by atoms with Gasteiger partial charge in [-0.25, -0.2) is 4.79 Å². The van der Waals surface area contributed by atoms with Crippen LogP contribution in [-0.2, 0) is 11.3 Å². The van der Waals surface area contributed by atoms with Crippen LogP contribution in [0.3, 0.4) is 0 Å². The van der Waals surface area contributed by atoms with Crippen molar-refractivity contribution < 1.29 is 19.1 Å². The van der Waals surface area contributed by atoms with Crippen molar-refractivity contribution in [2.45, 2.75) is 6.54 Å². The molecule has 0 spiro atoms. The van der Waals surface area contributed by atoms with Crippen LogP contribution in [0, 0.1) is 0 Å². The Morgan fingerprint density at radius 2 is 2.29 bits per heavy atom. The molecule has 0 fully saturated rings. The summed E-state index contributed by atoms with van der Waals surface area (Å²) in [6.07, 6.45) is 3.95. The maximum Gasteiger partial charge on any atom is 0.328 e. The zero-order chi connectivity index (χ0) is 15.4. The van der Waals surface area contributed by atoms with Crippen LogP contribution in [-0.4, -0.2) is 28.9 Å². The predicted octanol–water partition coefficient (Wildman–Crippen LogP) is 3.36. The van der Waals surface area contributed by atoms with E-state index in [4.69, 9.17) is 21.1 Å². The van der Waals surface area contributed by atoms with Crippen molar-refractivity contribution in [3.05, 3.63) is 51.1 Å². The van der Waals surface area contributed by atoms with Gasteiger partial charge in [0.25, 0.3) is 5.91 Å². The monoisotopic (exact) mass is 325 g/mol. The zero-order valence-corrected chi connectivity index (χ0v) is 12.6. The Hall–Kier alpha value is -2.05. The van der Waals surface area contributed by atoms with Gasteiger partial charge in [0, 0.05) is 18.0 Å². The van der Waals surface area contributed by atoms with Crippen LogP contribution < -0.4 is 0 Å². The number of carboxylic acids is 1. The molecule has 0 saturated carbocycles. The Morgan fingerprint density at radius 1 is 1.52 bits per heavy atom. The molecule has 5 nitrogen and oxygen atoms in total. The molecular weight excluding hydrogens is 314 g/mol. The quantitative estimate of drug-likeness (QED) is 0.856. The van der Waals surface area contributed by atoms with Gasteiger partial charge in [0.15, 0.2) is 0 Å². The van der Waals surface area contributed by atoms with E-state index in [1.54, 1.807) is 7.05 Å². The molecule has 0 saturated heterocycles. The highest BCUT2D eigenvalue weighted by molar-refractivity contribution is 7.10. The third kappa shape index (κ3) is 3.96. The van der Waals surface area contributed by atoms with Crippen LogP contribution in [0.5, 0.6) is 0 Å². The Balaban J connectivity index is 2.03. The number of hydrogen-bond acceptors (Lipinski definition) is 4. The summed E-state index contributed by atoms with van der Waals surface area (Å²) in [6, 6.07) is 3.36. The van der Waals surface area contributed by atoms with Crippen molar-refractivity contribution in [2.24, 2.45) is 0 Å². The Kier molecular flexibility index (Phi) is 4.82. The first-order valence-corrected chi connectivity index (χ1v) is 7.20. The van der Waals surface area contributed by atoms with E-state index in [1.165, 1.54) is 34.6 Å². The van der Waals surface area contributed by atoms with Crippen LogP contribution in [0.15, 0.2) is 34.3 Å². The molecule has 0 aliphatic carbocycles. The molecule has 0 aliphatic rings. The SMILES string of the molecule is CN(Cc1cc(/C=C/C(=O)O)cs1)C(=O)c1ccoc1Cl. The highest BCUT2D eigenvalue weighted by Crippen LogP contribution is 2.21. The topological polar surface area (TPSA) is 70.8 Å². The van der Waals surface area contributed by atoms with E-state index < -0.39 is 5.97 Å². The molecule has 0 atom stereocenters. The van der Waals surface area contributed by atoms with Crippen LogP contribution in [0.25, 0.3) is 6.08 Å². The van der Waals surface area contributed by atoms with Crippen molar-refractivity contribution in [3.8, 4) is 0 Å². The molecular formula is C14H12ClNO4S. The first kappa shape index (κ1) is 15.3. The number of halogens is 1. The largest absolute Gasteiger partial charge is 0.478 e. The second-order valence-electron chi connectivity index (χ2n) is 4.29. The van der Waals surface area contributed by atoms with Crippen molar-refractivity contribution in [1.29, 1.82) is 0 Å². The number of thiophene rings is 1. The molecule has 2 heterocycles. The van der Waals surface area contributed by atoms with Gasteiger partial charge in [-0.05, 0) is 40.8 Å². The van der Waals surface area contributed by atoms with E-state index >= 15 is 0 Å². The minimum atomic E-state index is -0.996. The fourth-order valence-electron chi connectivity index (χ4n) is 1.69. The Morgan fingerprint density at radius 3 is 2.90 bits per heavy atom. The molecule has 0 aliphatic heterocycles. The normalized spacial score (nSPS) is 11.0. The van der Waals surface area contributed by atoms with Crippen LogP contribution >= 0.6 is 22.9 Å². The summed E-state index contributed by atoms with van der Waals surface area (Å²) >= 11 is 7.23. The summed E-state index contributed by atoms with van der Waals surface area (Å²) in [5.74, 6) is -1.23. The lowest BCUT2D eigenvalue weighted by Gasteiger charge is -2.15. The minimum Gasteiger partial charge on any atom is -0.478 e. The van der Waals surface area contributed by atoms with Gasteiger partial charge in [0.05, 0.1) is 18.4 Å². The summed E-state index contributed by atoms with van der Waals surface area (Å²) < 4.78 is 4.90. The molecule has 2 aromatic heterocycles. The van der Waals surface area contributed by atoms with Crippen LogP contribution in [0.2, 0.25) is 5.22 Å². The van der Waals surface area contributed by atoms with Crippen molar-refractivity contribution in [1.82, 2.24) is 4.90 Å². The fourth-order valence-corrected chi connectivity index (χ4v) is 2.79.